The molecule has 2 aromatic rings. The second-order valence-corrected chi connectivity index (χ2v) is 5.63. The molecule has 3 atom stereocenters. The Labute approximate surface area is 117 Å². The van der Waals surface area contributed by atoms with E-state index in [0.29, 0.717) is 5.92 Å². The van der Waals surface area contributed by atoms with Gasteiger partial charge in [-0.1, -0.05) is 6.92 Å². The summed E-state index contributed by atoms with van der Waals surface area (Å²) in [5.74, 6) is 0.877. The number of aliphatic carboxylic acids is 1. The van der Waals surface area contributed by atoms with Gasteiger partial charge in [0.1, 0.15) is 11.6 Å². The number of aromatic nitrogens is 2. The summed E-state index contributed by atoms with van der Waals surface area (Å²) < 4.78 is 5.19. The molecule has 20 heavy (non-hydrogen) atoms. The summed E-state index contributed by atoms with van der Waals surface area (Å²) in [6.45, 7) is 2.10. The van der Waals surface area contributed by atoms with Gasteiger partial charge < -0.3 is 14.8 Å². The molecular weight excluding hydrogens is 256 g/mol. The van der Waals surface area contributed by atoms with Crippen LogP contribution in [-0.4, -0.2) is 28.2 Å². The molecule has 1 aliphatic carbocycles. The quantitative estimate of drug-likeness (QED) is 0.902. The largest absolute Gasteiger partial charge is 0.497 e. The molecule has 3 rings (SSSR count). The molecule has 1 aromatic heterocycles. The van der Waals surface area contributed by atoms with Gasteiger partial charge in [-0.05, 0) is 30.9 Å². The maximum atomic E-state index is 11.4. The monoisotopic (exact) mass is 274 g/mol. The van der Waals surface area contributed by atoms with Crippen LogP contribution in [0.4, 0.5) is 0 Å². The second-order valence-electron chi connectivity index (χ2n) is 5.63. The molecule has 0 bridgehead atoms. The summed E-state index contributed by atoms with van der Waals surface area (Å²) in [5, 5.41) is 9.36. The van der Waals surface area contributed by atoms with Crippen molar-refractivity contribution >= 4 is 17.0 Å². The lowest BCUT2D eigenvalue weighted by molar-refractivity contribution is -0.142. The molecule has 0 aliphatic heterocycles. The molecule has 0 spiro atoms. The molecule has 0 saturated heterocycles. The van der Waals surface area contributed by atoms with E-state index in [4.69, 9.17) is 4.74 Å². The molecule has 1 aliphatic rings. The Bertz CT molecular complexity index is 650. The minimum atomic E-state index is -0.725. The highest BCUT2D eigenvalue weighted by Gasteiger charge is 2.39. The smallest absolute Gasteiger partial charge is 0.307 e. The van der Waals surface area contributed by atoms with E-state index < -0.39 is 5.97 Å². The van der Waals surface area contributed by atoms with Gasteiger partial charge in [0.25, 0.3) is 0 Å². The number of benzene rings is 1. The average Bonchev–Trinajstić information content (AvgIpc) is 3.00. The first-order valence-corrected chi connectivity index (χ1v) is 6.85. The fourth-order valence-electron chi connectivity index (χ4n) is 3.18. The Balaban J connectivity index is 1.99. The average molecular weight is 274 g/mol. The van der Waals surface area contributed by atoms with Crippen molar-refractivity contribution in [1.82, 2.24) is 9.97 Å². The highest BCUT2D eigenvalue weighted by atomic mass is 16.5. The molecule has 1 fully saturated rings. The predicted octanol–water partition coefficient (Wildman–Crippen LogP) is 2.79. The number of carboxylic acid groups (broad SMARTS) is 1. The van der Waals surface area contributed by atoms with E-state index in [2.05, 4.69) is 16.9 Å². The summed E-state index contributed by atoms with van der Waals surface area (Å²) in [4.78, 5) is 19.2. The Hall–Kier alpha value is -2.04. The van der Waals surface area contributed by atoms with Gasteiger partial charge in [0.2, 0.25) is 0 Å². The van der Waals surface area contributed by atoms with E-state index in [1.807, 2.05) is 18.2 Å². The molecular formula is C15H18N2O3. The SMILES string of the molecule is COc1ccc2nc(C3CC(C)CC3C(=O)O)[nH]c2c1. The Morgan fingerprint density at radius 2 is 2.25 bits per heavy atom. The molecule has 1 aromatic carbocycles. The van der Waals surface area contributed by atoms with Gasteiger partial charge in [0, 0.05) is 12.0 Å². The highest BCUT2D eigenvalue weighted by Crippen LogP contribution is 2.42. The van der Waals surface area contributed by atoms with Crippen molar-refractivity contribution in [1.29, 1.82) is 0 Å². The fourth-order valence-corrected chi connectivity index (χ4v) is 3.18. The van der Waals surface area contributed by atoms with Crippen molar-refractivity contribution in [3.8, 4) is 5.75 Å². The van der Waals surface area contributed by atoms with E-state index in [1.54, 1.807) is 7.11 Å². The van der Waals surface area contributed by atoms with Crippen LogP contribution in [0.15, 0.2) is 18.2 Å². The summed E-state index contributed by atoms with van der Waals surface area (Å²) in [7, 11) is 1.62. The van der Waals surface area contributed by atoms with Gasteiger partial charge >= 0.3 is 5.97 Å². The van der Waals surface area contributed by atoms with Gasteiger partial charge in [-0.25, -0.2) is 4.98 Å². The molecule has 0 radical (unpaired) electrons. The van der Waals surface area contributed by atoms with Crippen LogP contribution in [-0.2, 0) is 4.79 Å². The first-order valence-electron chi connectivity index (χ1n) is 6.85. The van der Waals surface area contributed by atoms with Crippen LogP contribution in [0.5, 0.6) is 5.75 Å². The van der Waals surface area contributed by atoms with Gasteiger partial charge in [-0.15, -0.1) is 0 Å². The zero-order chi connectivity index (χ0) is 14.3. The van der Waals surface area contributed by atoms with Crippen LogP contribution < -0.4 is 4.74 Å². The number of nitrogens with one attached hydrogen (secondary N) is 1. The number of hydrogen-bond acceptors (Lipinski definition) is 3. The number of rotatable bonds is 3. The Kier molecular flexibility index (Phi) is 3.12. The van der Waals surface area contributed by atoms with Crippen molar-refractivity contribution in [2.45, 2.75) is 25.7 Å². The Morgan fingerprint density at radius 3 is 2.95 bits per heavy atom. The lowest BCUT2D eigenvalue weighted by Crippen LogP contribution is -2.17. The molecule has 5 nitrogen and oxygen atoms in total. The molecule has 3 unspecified atom stereocenters. The number of carbonyl (C=O) groups is 1. The third-order valence-corrected chi connectivity index (χ3v) is 4.17. The summed E-state index contributed by atoms with van der Waals surface area (Å²) in [6.07, 6.45) is 1.59. The normalized spacial score (nSPS) is 26.0. The van der Waals surface area contributed by atoms with E-state index in [-0.39, 0.29) is 11.8 Å². The fraction of sp³-hybridized carbons (Fsp3) is 0.467. The topological polar surface area (TPSA) is 75.2 Å². The lowest BCUT2D eigenvalue weighted by atomic mass is 9.96. The third kappa shape index (κ3) is 2.13. The van der Waals surface area contributed by atoms with Gasteiger partial charge in [0.05, 0.1) is 24.1 Å². The summed E-state index contributed by atoms with van der Waals surface area (Å²) in [6, 6.07) is 5.64. The number of H-pyrrole nitrogens is 1. The van der Waals surface area contributed by atoms with Crippen LogP contribution in [0.2, 0.25) is 0 Å². The predicted molar refractivity (Wildman–Crippen MR) is 74.9 cm³/mol. The number of ether oxygens (including phenoxy) is 1. The first kappa shape index (κ1) is 13.0. The van der Waals surface area contributed by atoms with Gasteiger partial charge in [-0.2, -0.15) is 0 Å². The number of carboxylic acids is 1. The van der Waals surface area contributed by atoms with Crippen molar-refractivity contribution in [2.24, 2.45) is 11.8 Å². The third-order valence-electron chi connectivity index (χ3n) is 4.17. The van der Waals surface area contributed by atoms with Crippen molar-refractivity contribution in [3.63, 3.8) is 0 Å². The van der Waals surface area contributed by atoms with Crippen LogP contribution in [0.3, 0.4) is 0 Å². The molecule has 0 amide bonds. The van der Waals surface area contributed by atoms with E-state index >= 15 is 0 Å². The van der Waals surface area contributed by atoms with Crippen molar-refractivity contribution < 1.29 is 14.6 Å². The number of methoxy groups -OCH3 is 1. The maximum Gasteiger partial charge on any atom is 0.307 e. The van der Waals surface area contributed by atoms with E-state index in [1.165, 1.54) is 0 Å². The zero-order valence-corrected chi connectivity index (χ0v) is 11.6. The van der Waals surface area contributed by atoms with Gasteiger partial charge in [-0.3, -0.25) is 4.79 Å². The standard InChI is InChI=1S/C15H18N2O3/c1-8-5-10(11(6-8)15(18)19)14-16-12-4-3-9(20-2)7-13(12)17-14/h3-4,7-8,10-11H,5-6H2,1-2H3,(H,16,17)(H,18,19). The maximum absolute atomic E-state index is 11.4. The first-order chi connectivity index (χ1) is 9.58. The number of nitrogens with zero attached hydrogens (tertiary/aromatic N) is 1. The minimum absolute atomic E-state index is 0.0269. The molecule has 5 heteroatoms. The highest BCUT2D eigenvalue weighted by molar-refractivity contribution is 5.77. The van der Waals surface area contributed by atoms with Crippen molar-refractivity contribution in [2.75, 3.05) is 7.11 Å². The molecule has 1 saturated carbocycles. The number of imidazole rings is 1. The van der Waals surface area contributed by atoms with Crippen LogP contribution in [0.25, 0.3) is 11.0 Å². The molecule has 1 heterocycles. The Morgan fingerprint density at radius 1 is 1.45 bits per heavy atom. The van der Waals surface area contributed by atoms with E-state index in [0.717, 1.165) is 35.4 Å². The van der Waals surface area contributed by atoms with Crippen molar-refractivity contribution in [3.05, 3.63) is 24.0 Å². The number of hydrogen-bond donors (Lipinski definition) is 2. The second kappa shape index (κ2) is 4.81. The van der Waals surface area contributed by atoms with Crippen LogP contribution in [0.1, 0.15) is 31.5 Å². The number of aromatic amines is 1. The molecule has 2 N–H and O–H groups in total. The number of fused-ring (bicyclic) bond motifs is 1. The van der Waals surface area contributed by atoms with Crippen LogP contribution in [0, 0.1) is 11.8 Å². The summed E-state index contributed by atoms with van der Waals surface area (Å²) in [5.41, 5.74) is 1.74. The van der Waals surface area contributed by atoms with E-state index in [9.17, 15) is 9.90 Å². The lowest BCUT2D eigenvalue weighted by Gasteiger charge is -2.12. The summed E-state index contributed by atoms with van der Waals surface area (Å²) >= 11 is 0. The minimum Gasteiger partial charge on any atom is -0.497 e. The van der Waals surface area contributed by atoms with Gasteiger partial charge in [0.15, 0.2) is 0 Å². The zero-order valence-electron chi connectivity index (χ0n) is 11.6. The van der Waals surface area contributed by atoms with Crippen LogP contribution >= 0.6 is 0 Å². The molecule has 106 valence electrons.